The van der Waals surface area contributed by atoms with E-state index in [9.17, 15) is 5.26 Å². The molecule has 0 spiro atoms. The van der Waals surface area contributed by atoms with Crippen LogP contribution in [0.1, 0.15) is 25.0 Å². The summed E-state index contributed by atoms with van der Waals surface area (Å²) in [5.74, 6) is 1.30. The van der Waals surface area contributed by atoms with Gasteiger partial charge in [0.15, 0.2) is 0 Å². The maximum Gasteiger partial charge on any atom is 0.245 e. The van der Waals surface area contributed by atoms with Crippen LogP contribution >= 0.6 is 0 Å². The zero-order chi connectivity index (χ0) is 25.0. The van der Waals surface area contributed by atoms with Gasteiger partial charge in [0.2, 0.25) is 11.7 Å². The molecule has 0 aliphatic carbocycles. The molecule has 0 fully saturated rings. The minimum absolute atomic E-state index is 0.241. The number of furan rings is 1. The molecule has 3 aromatic carbocycles. The van der Waals surface area contributed by atoms with Gasteiger partial charge in [0.25, 0.3) is 0 Å². The number of benzene rings is 3. The molecule has 5 nitrogen and oxygen atoms in total. The molecule has 1 aliphatic heterocycles. The van der Waals surface area contributed by atoms with Crippen molar-refractivity contribution in [3.63, 3.8) is 0 Å². The van der Waals surface area contributed by atoms with Crippen LogP contribution in [0.25, 0.3) is 28.2 Å². The van der Waals surface area contributed by atoms with Gasteiger partial charge in [-0.3, -0.25) is 0 Å². The molecule has 4 aromatic rings. The number of nitriles is 1. The van der Waals surface area contributed by atoms with Gasteiger partial charge in [-0.05, 0) is 11.6 Å². The predicted octanol–water partition coefficient (Wildman–Crippen LogP) is 7.90. The lowest BCUT2D eigenvalue weighted by Crippen LogP contribution is -2.30. The summed E-state index contributed by atoms with van der Waals surface area (Å²) in [5, 5.41) is 10.0. The molecule has 0 amide bonds. The summed E-state index contributed by atoms with van der Waals surface area (Å²) in [4.78, 5) is 4.51. The molecule has 0 atom stereocenters. The van der Waals surface area contributed by atoms with Crippen molar-refractivity contribution < 1.29 is 13.9 Å². The number of hydrogen-bond donors (Lipinski definition) is 0. The van der Waals surface area contributed by atoms with E-state index in [4.69, 9.17) is 13.9 Å². The Hall–Kier alpha value is -4.82. The number of allylic oxidation sites excluding steroid dienone is 2. The smallest absolute Gasteiger partial charge is 0.245 e. The van der Waals surface area contributed by atoms with Crippen LogP contribution in [0.3, 0.4) is 0 Å². The van der Waals surface area contributed by atoms with Crippen LogP contribution < -0.4 is 0 Å². The van der Waals surface area contributed by atoms with Crippen molar-refractivity contribution in [3.05, 3.63) is 120 Å². The molecule has 1 aromatic heterocycles. The van der Waals surface area contributed by atoms with E-state index in [2.05, 4.69) is 11.1 Å². The molecule has 5 heteroatoms. The summed E-state index contributed by atoms with van der Waals surface area (Å²) in [7, 11) is 0. The maximum absolute atomic E-state index is 10.0. The summed E-state index contributed by atoms with van der Waals surface area (Å²) in [6, 6.07) is 31.6. The molecular formula is C31H24N2O3. The molecule has 0 radical (unpaired) electrons. The van der Waals surface area contributed by atoms with Gasteiger partial charge in [-0.1, -0.05) is 91.0 Å². The number of ether oxygens (including phenoxy) is 2. The Morgan fingerprint density at radius 1 is 0.778 bits per heavy atom. The summed E-state index contributed by atoms with van der Waals surface area (Å²) >= 11 is 0. The number of hydrogen-bond acceptors (Lipinski definition) is 5. The highest BCUT2D eigenvalue weighted by Gasteiger charge is 2.28. The van der Waals surface area contributed by atoms with Crippen LogP contribution in [0.4, 0.5) is 5.88 Å². The van der Waals surface area contributed by atoms with E-state index in [-0.39, 0.29) is 5.88 Å². The molecular weight excluding hydrogens is 448 g/mol. The standard InChI is InChI=1S/C31H24N2O3/c1-31(2)35-25(20-27(36-31)22-12-6-3-7-13-22)18-19-33-30-26(21-32)28(23-14-8-4-9-15-23)29(34-30)24-16-10-5-11-17-24/h3-20H,1-2H3. The van der Waals surface area contributed by atoms with E-state index in [1.807, 2.05) is 111 Å². The quantitative estimate of drug-likeness (QED) is 0.277. The van der Waals surface area contributed by atoms with Crippen molar-refractivity contribution >= 4 is 17.9 Å². The van der Waals surface area contributed by atoms with Crippen molar-refractivity contribution in [2.75, 3.05) is 0 Å². The van der Waals surface area contributed by atoms with Crippen molar-refractivity contribution in [1.29, 1.82) is 5.26 Å². The van der Waals surface area contributed by atoms with E-state index in [1.54, 1.807) is 12.3 Å². The van der Waals surface area contributed by atoms with E-state index in [1.165, 1.54) is 0 Å². The Morgan fingerprint density at radius 3 is 1.97 bits per heavy atom. The molecule has 0 bridgehead atoms. The number of rotatable bonds is 5. The monoisotopic (exact) mass is 472 g/mol. The summed E-state index contributed by atoms with van der Waals surface area (Å²) in [6.07, 6.45) is 5.14. The van der Waals surface area contributed by atoms with Gasteiger partial charge in [-0.15, -0.1) is 0 Å². The minimum Gasteiger partial charge on any atom is -0.453 e. The summed E-state index contributed by atoms with van der Waals surface area (Å²) in [5.41, 5.74) is 3.82. The Kier molecular flexibility index (Phi) is 6.25. The Morgan fingerprint density at radius 2 is 1.36 bits per heavy atom. The van der Waals surface area contributed by atoms with Crippen molar-refractivity contribution in [3.8, 4) is 28.5 Å². The second kappa shape index (κ2) is 9.81. The third-order valence-corrected chi connectivity index (χ3v) is 5.58. The lowest BCUT2D eigenvalue weighted by Gasteiger charge is -2.33. The van der Waals surface area contributed by atoms with Crippen molar-refractivity contribution in [2.24, 2.45) is 4.99 Å². The highest BCUT2D eigenvalue weighted by molar-refractivity contribution is 5.89. The van der Waals surface area contributed by atoms with Gasteiger partial charge in [0, 0.05) is 42.8 Å². The molecule has 2 heterocycles. The maximum atomic E-state index is 10.0. The van der Waals surface area contributed by atoms with Crippen LogP contribution in [0.2, 0.25) is 0 Å². The molecule has 1 aliphatic rings. The first-order chi connectivity index (χ1) is 17.5. The van der Waals surface area contributed by atoms with Gasteiger partial charge in [0.05, 0.1) is 0 Å². The van der Waals surface area contributed by atoms with Crippen molar-refractivity contribution in [1.82, 2.24) is 0 Å². The first-order valence-electron chi connectivity index (χ1n) is 11.6. The first-order valence-corrected chi connectivity index (χ1v) is 11.6. The third kappa shape index (κ3) is 4.84. The summed E-state index contributed by atoms with van der Waals surface area (Å²) < 4.78 is 18.1. The largest absolute Gasteiger partial charge is 0.453 e. The topological polar surface area (TPSA) is 67.8 Å². The number of aliphatic imine (C=N–C) groups is 1. The van der Waals surface area contributed by atoms with Gasteiger partial charge in [-0.25, -0.2) is 4.99 Å². The lowest BCUT2D eigenvalue weighted by molar-refractivity contribution is -0.149. The van der Waals surface area contributed by atoms with E-state index in [0.29, 0.717) is 22.8 Å². The molecule has 0 unspecified atom stereocenters. The Balaban J connectivity index is 1.55. The van der Waals surface area contributed by atoms with Gasteiger partial charge in [-0.2, -0.15) is 5.26 Å². The molecule has 176 valence electrons. The lowest BCUT2D eigenvalue weighted by atomic mass is 9.98. The van der Waals surface area contributed by atoms with E-state index < -0.39 is 5.79 Å². The van der Waals surface area contributed by atoms with Gasteiger partial charge < -0.3 is 13.9 Å². The summed E-state index contributed by atoms with van der Waals surface area (Å²) in [6.45, 7) is 3.71. The fraction of sp³-hybridized carbons (Fsp3) is 0.0968. The van der Waals surface area contributed by atoms with Crippen LogP contribution in [0.5, 0.6) is 0 Å². The van der Waals surface area contributed by atoms with Gasteiger partial charge >= 0.3 is 0 Å². The highest BCUT2D eigenvalue weighted by Crippen LogP contribution is 2.42. The Labute approximate surface area is 210 Å². The minimum atomic E-state index is -0.844. The van der Waals surface area contributed by atoms with Crippen molar-refractivity contribution in [2.45, 2.75) is 19.6 Å². The Bertz CT molecular complexity index is 1490. The van der Waals surface area contributed by atoms with Gasteiger partial charge in [0.1, 0.15) is 28.9 Å². The van der Waals surface area contributed by atoms with Crippen LogP contribution in [0, 0.1) is 11.3 Å². The highest BCUT2D eigenvalue weighted by atomic mass is 16.7. The molecule has 36 heavy (non-hydrogen) atoms. The van der Waals surface area contributed by atoms with Crippen LogP contribution in [0.15, 0.2) is 118 Å². The van der Waals surface area contributed by atoms with E-state index in [0.717, 1.165) is 22.3 Å². The average molecular weight is 473 g/mol. The first kappa shape index (κ1) is 22.9. The molecule has 0 N–H and O–H groups in total. The normalized spacial score (nSPS) is 15.7. The van der Waals surface area contributed by atoms with Crippen LogP contribution in [-0.2, 0) is 9.47 Å². The second-order valence-corrected chi connectivity index (χ2v) is 8.66. The fourth-order valence-corrected chi connectivity index (χ4v) is 4.05. The average Bonchev–Trinajstić information content (AvgIpc) is 3.28. The predicted molar refractivity (Wildman–Crippen MR) is 141 cm³/mol. The SMILES string of the molecule is CC1(C)OC(=CC=Nc2oc(-c3ccccc3)c(-c3ccccc3)c2C#N)C=C(c2ccccc2)O1. The molecule has 0 saturated carbocycles. The fourth-order valence-electron chi connectivity index (χ4n) is 4.05. The molecule has 5 rings (SSSR count). The van der Waals surface area contributed by atoms with Crippen LogP contribution in [-0.4, -0.2) is 12.0 Å². The zero-order valence-corrected chi connectivity index (χ0v) is 20.0. The zero-order valence-electron chi connectivity index (χ0n) is 20.0. The molecule has 0 saturated heterocycles. The second-order valence-electron chi connectivity index (χ2n) is 8.66. The third-order valence-electron chi connectivity index (χ3n) is 5.58. The number of nitrogens with zero attached hydrogens (tertiary/aromatic N) is 2. The van der Waals surface area contributed by atoms with E-state index >= 15 is 0 Å².